The largest absolute Gasteiger partial charge is 0.366 e. The molecule has 0 saturated heterocycles. The SMILES string of the molecule is Cc1c(Cl)nc(C2CC2)nc1NCc1ccccc1F. The van der Waals surface area contributed by atoms with Gasteiger partial charge in [-0.05, 0) is 25.8 Å². The van der Waals surface area contributed by atoms with Crippen LogP contribution in [0.25, 0.3) is 0 Å². The molecule has 104 valence electrons. The van der Waals surface area contributed by atoms with Crippen molar-refractivity contribution < 1.29 is 4.39 Å². The number of nitrogens with one attached hydrogen (secondary N) is 1. The van der Waals surface area contributed by atoms with Gasteiger partial charge in [-0.15, -0.1) is 0 Å². The Morgan fingerprint density at radius 2 is 2.05 bits per heavy atom. The number of hydrogen-bond donors (Lipinski definition) is 1. The van der Waals surface area contributed by atoms with Crippen LogP contribution in [0.3, 0.4) is 0 Å². The average Bonchev–Trinajstić information content (AvgIpc) is 3.26. The van der Waals surface area contributed by atoms with Crippen molar-refractivity contribution in [2.24, 2.45) is 0 Å². The van der Waals surface area contributed by atoms with Gasteiger partial charge in [-0.2, -0.15) is 0 Å². The lowest BCUT2D eigenvalue weighted by Gasteiger charge is -2.11. The molecule has 0 radical (unpaired) electrons. The van der Waals surface area contributed by atoms with Gasteiger partial charge in [0.1, 0.15) is 22.6 Å². The summed E-state index contributed by atoms with van der Waals surface area (Å²) in [6.07, 6.45) is 2.23. The number of anilines is 1. The van der Waals surface area contributed by atoms with Gasteiger partial charge in [0.05, 0.1) is 0 Å². The van der Waals surface area contributed by atoms with Gasteiger partial charge in [0.2, 0.25) is 0 Å². The normalized spacial score (nSPS) is 14.3. The highest BCUT2D eigenvalue weighted by Crippen LogP contribution is 2.39. The molecule has 1 N–H and O–H groups in total. The molecule has 1 aliphatic rings. The molecule has 0 atom stereocenters. The third-order valence-corrected chi connectivity index (χ3v) is 3.82. The Bertz CT molecular complexity index is 641. The molecule has 1 aliphatic carbocycles. The molecule has 1 heterocycles. The van der Waals surface area contributed by atoms with E-state index in [0.29, 0.717) is 29.0 Å². The van der Waals surface area contributed by atoms with E-state index in [1.54, 1.807) is 12.1 Å². The molecule has 0 unspecified atom stereocenters. The Morgan fingerprint density at radius 1 is 1.30 bits per heavy atom. The van der Waals surface area contributed by atoms with Crippen LogP contribution in [0.5, 0.6) is 0 Å². The molecule has 1 aromatic carbocycles. The van der Waals surface area contributed by atoms with E-state index >= 15 is 0 Å². The van der Waals surface area contributed by atoms with Crippen LogP contribution in [0.4, 0.5) is 10.2 Å². The summed E-state index contributed by atoms with van der Waals surface area (Å²) in [7, 11) is 0. The maximum Gasteiger partial charge on any atom is 0.137 e. The zero-order chi connectivity index (χ0) is 14.1. The van der Waals surface area contributed by atoms with Crippen LogP contribution in [-0.4, -0.2) is 9.97 Å². The summed E-state index contributed by atoms with van der Waals surface area (Å²) in [5, 5.41) is 3.63. The topological polar surface area (TPSA) is 37.8 Å². The van der Waals surface area contributed by atoms with Gasteiger partial charge >= 0.3 is 0 Å². The van der Waals surface area contributed by atoms with Crippen molar-refractivity contribution in [1.29, 1.82) is 0 Å². The third-order valence-electron chi connectivity index (χ3n) is 3.45. The second kappa shape index (κ2) is 5.37. The number of benzene rings is 1. The van der Waals surface area contributed by atoms with Crippen LogP contribution in [0.15, 0.2) is 24.3 Å². The lowest BCUT2D eigenvalue weighted by molar-refractivity contribution is 0.613. The smallest absolute Gasteiger partial charge is 0.137 e. The highest BCUT2D eigenvalue weighted by Gasteiger charge is 2.28. The standard InChI is InChI=1S/C15H15ClFN3/c1-9-13(16)19-15(10-6-7-10)20-14(9)18-8-11-4-2-3-5-12(11)17/h2-5,10H,6-8H2,1H3,(H,18,19,20). The minimum Gasteiger partial charge on any atom is -0.366 e. The molecular weight excluding hydrogens is 277 g/mol. The first-order valence-electron chi connectivity index (χ1n) is 6.66. The highest BCUT2D eigenvalue weighted by atomic mass is 35.5. The van der Waals surface area contributed by atoms with E-state index in [-0.39, 0.29) is 5.82 Å². The van der Waals surface area contributed by atoms with Crippen LogP contribution in [0.1, 0.15) is 35.7 Å². The molecule has 0 bridgehead atoms. The van der Waals surface area contributed by atoms with E-state index in [1.165, 1.54) is 6.07 Å². The van der Waals surface area contributed by atoms with Crippen molar-refractivity contribution in [3.8, 4) is 0 Å². The van der Waals surface area contributed by atoms with Crippen molar-refractivity contribution >= 4 is 17.4 Å². The summed E-state index contributed by atoms with van der Waals surface area (Å²) in [5.74, 6) is 1.69. The van der Waals surface area contributed by atoms with Crippen LogP contribution in [0.2, 0.25) is 5.15 Å². The van der Waals surface area contributed by atoms with Crippen molar-refractivity contribution in [3.63, 3.8) is 0 Å². The van der Waals surface area contributed by atoms with Gasteiger partial charge in [0.15, 0.2) is 0 Å². The van der Waals surface area contributed by atoms with E-state index in [1.807, 2.05) is 13.0 Å². The molecule has 0 amide bonds. The molecule has 2 aromatic rings. The first-order valence-corrected chi connectivity index (χ1v) is 7.04. The fraction of sp³-hybridized carbons (Fsp3) is 0.333. The van der Waals surface area contributed by atoms with Crippen molar-refractivity contribution in [3.05, 3.63) is 52.2 Å². The Labute approximate surface area is 122 Å². The monoisotopic (exact) mass is 291 g/mol. The fourth-order valence-electron chi connectivity index (χ4n) is 2.02. The average molecular weight is 292 g/mol. The fourth-order valence-corrected chi connectivity index (χ4v) is 2.20. The molecule has 3 nitrogen and oxygen atoms in total. The molecule has 1 fully saturated rings. The predicted octanol–water partition coefficient (Wildman–Crippen LogP) is 4.07. The zero-order valence-corrected chi connectivity index (χ0v) is 11.9. The summed E-state index contributed by atoms with van der Waals surface area (Å²) in [6.45, 7) is 2.24. The molecule has 1 aromatic heterocycles. The van der Waals surface area contributed by atoms with E-state index in [4.69, 9.17) is 11.6 Å². The maximum atomic E-state index is 13.6. The molecule has 1 saturated carbocycles. The number of nitrogens with zero attached hydrogens (tertiary/aromatic N) is 2. The van der Waals surface area contributed by atoms with Crippen LogP contribution >= 0.6 is 11.6 Å². The lowest BCUT2D eigenvalue weighted by Crippen LogP contribution is -2.08. The molecular formula is C15H15ClFN3. The van der Waals surface area contributed by atoms with E-state index in [2.05, 4.69) is 15.3 Å². The van der Waals surface area contributed by atoms with E-state index in [9.17, 15) is 4.39 Å². The minimum absolute atomic E-state index is 0.222. The number of aromatic nitrogens is 2. The summed E-state index contributed by atoms with van der Waals surface area (Å²) < 4.78 is 13.6. The van der Waals surface area contributed by atoms with Crippen LogP contribution < -0.4 is 5.32 Å². The Morgan fingerprint density at radius 3 is 2.75 bits per heavy atom. The first kappa shape index (κ1) is 13.3. The summed E-state index contributed by atoms with van der Waals surface area (Å²) in [6, 6.07) is 6.70. The summed E-state index contributed by atoms with van der Waals surface area (Å²) in [4.78, 5) is 8.82. The Hall–Kier alpha value is -1.68. The molecule has 5 heteroatoms. The van der Waals surface area contributed by atoms with Crippen LogP contribution in [-0.2, 0) is 6.54 Å². The van der Waals surface area contributed by atoms with Crippen molar-refractivity contribution in [2.75, 3.05) is 5.32 Å². The Balaban J connectivity index is 1.81. The van der Waals surface area contributed by atoms with Crippen LogP contribution in [0, 0.1) is 12.7 Å². The zero-order valence-electron chi connectivity index (χ0n) is 11.2. The molecule has 3 rings (SSSR count). The second-order valence-electron chi connectivity index (χ2n) is 5.07. The molecule has 20 heavy (non-hydrogen) atoms. The number of hydrogen-bond acceptors (Lipinski definition) is 3. The maximum absolute atomic E-state index is 13.6. The second-order valence-corrected chi connectivity index (χ2v) is 5.42. The summed E-state index contributed by atoms with van der Waals surface area (Å²) >= 11 is 6.14. The van der Waals surface area contributed by atoms with Gasteiger partial charge in [-0.25, -0.2) is 14.4 Å². The van der Waals surface area contributed by atoms with Gasteiger partial charge in [0.25, 0.3) is 0 Å². The van der Waals surface area contributed by atoms with Gasteiger partial charge in [-0.3, -0.25) is 0 Å². The summed E-state index contributed by atoms with van der Waals surface area (Å²) in [5.41, 5.74) is 1.40. The minimum atomic E-state index is -0.222. The Kier molecular flexibility index (Phi) is 3.57. The number of rotatable bonds is 4. The van der Waals surface area contributed by atoms with Crippen molar-refractivity contribution in [2.45, 2.75) is 32.2 Å². The molecule has 0 aliphatic heterocycles. The van der Waals surface area contributed by atoms with Gasteiger partial charge in [0, 0.05) is 23.6 Å². The lowest BCUT2D eigenvalue weighted by atomic mass is 10.2. The number of halogens is 2. The van der Waals surface area contributed by atoms with E-state index < -0.39 is 0 Å². The van der Waals surface area contributed by atoms with Gasteiger partial charge < -0.3 is 5.32 Å². The quantitative estimate of drug-likeness (QED) is 0.863. The van der Waals surface area contributed by atoms with Gasteiger partial charge in [-0.1, -0.05) is 29.8 Å². The third kappa shape index (κ3) is 2.75. The van der Waals surface area contributed by atoms with Crippen molar-refractivity contribution in [1.82, 2.24) is 9.97 Å². The van der Waals surface area contributed by atoms with E-state index in [0.717, 1.165) is 24.2 Å². The first-order chi connectivity index (χ1) is 9.65. The highest BCUT2D eigenvalue weighted by molar-refractivity contribution is 6.30. The molecule has 0 spiro atoms. The predicted molar refractivity (Wildman–Crippen MR) is 77.5 cm³/mol.